The summed E-state index contributed by atoms with van der Waals surface area (Å²) in [6, 6.07) is 9.39. The number of para-hydroxylation sites is 1. The first kappa shape index (κ1) is 15.4. The molecule has 0 aliphatic carbocycles. The van der Waals surface area contributed by atoms with Crippen molar-refractivity contribution in [3.05, 3.63) is 36.2 Å². The lowest BCUT2D eigenvalue weighted by Crippen LogP contribution is -2.34. The highest BCUT2D eigenvalue weighted by Gasteiger charge is 2.16. The Bertz CT molecular complexity index is 625. The third-order valence-corrected chi connectivity index (χ3v) is 3.44. The average molecular weight is 317 g/mol. The Morgan fingerprint density at radius 2 is 2.26 bits per heavy atom. The molecule has 1 fully saturated rings. The van der Waals surface area contributed by atoms with Gasteiger partial charge in [0.2, 0.25) is 11.7 Å². The molecule has 8 nitrogen and oxygen atoms in total. The largest absolute Gasteiger partial charge is 0.485 e. The van der Waals surface area contributed by atoms with Gasteiger partial charge >= 0.3 is 0 Å². The molecule has 0 spiro atoms. The first-order valence-corrected chi connectivity index (χ1v) is 7.62. The maximum Gasteiger partial charge on any atom is 0.243 e. The summed E-state index contributed by atoms with van der Waals surface area (Å²) in [5, 5.41) is 14.7. The topological polar surface area (TPSA) is 91.2 Å². The Balaban J connectivity index is 1.42. The Morgan fingerprint density at radius 1 is 1.39 bits per heavy atom. The molecule has 2 aromatic rings. The van der Waals surface area contributed by atoms with Crippen molar-refractivity contribution in [3.63, 3.8) is 0 Å². The van der Waals surface area contributed by atoms with Crippen LogP contribution in [0.5, 0.6) is 5.75 Å². The van der Waals surface area contributed by atoms with Crippen LogP contribution in [0, 0.1) is 0 Å². The second-order valence-electron chi connectivity index (χ2n) is 5.28. The Hall–Kier alpha value is -2.48. The summed E-state index contributed by atoms with van der Waals surface area (Å²) in [6.45, 7) is 1.54. The summed E-state index contributed by atoms with van der Waals surface area (Å²) in [5.41, 5.74) is 0. The molecule has 0 unspecified atom stereocenters. The van der Waals surface area contributed by atoms with Gasteiger partial charge in [-0.25, -0.2) is 0 Å². The molecule has 1 saturated heterocycles. The SMILES string of the molecule is O=C(Cn1nnc(COc2ccccc2)n1)NC[C@@H]1CCCO1. The molecule has 0 bridgehead atoms. The van der Waals surface area contributed by atoms with Crippen molar-refractivity contribution in [2.45, 2.75) is 32.1 Å². The number of amides is 1. The van der Waals surface area contributed by atoms with Crippen LogP contribution in [0.2, 0.25) is 0 Å². The molecule has 0 radical (unpaired) electrons. The number of ether oxygens (including phenoxy) is 2. The van der Waals surface area contributed by atoms with Crippen LogP contribution < -0.4 is 10.1 Å². The summed E-state index contributed by atoms with van der Waals surface area (Å²) in [7, 11) is 0. The smallest absolute Gasteiger partial charge is 0.243 e. The van der Waals surface area contributed by atoms with E-state index in [1.54, 1.807) is 0 Å². The van der Waals surface area contributed by atoms with E-state index in [9.17, 15) is 4.79 Å². The summed E-state index contributed by atoms with van der Waals surface area (Å²) >= 11 is 0. The van der Waals surface area contributed by atoms with E-state index in [4.69, 9.17) is 9.47 Å². The average Bonchev–Trinajstić information content (AvgIpc) is 3.24. The number of nitrogens with zero attached hydrogens (tertiary/aromatic N) is 4. The second kappa shape index (κ2) is 7.68. The molecular formula is C15H19N5O3. The normalized spacial score (nSPS) is 17.1. The van der Waals surface area contributed by atoms with Crippen LogP contribution >= 0.6 is 0 Å². The zero-order valence-electron chi connectivity index (χ0n) is 12.7. The quantitative estimate of drug-likeness (QED) is 0.802. The van der Waals surface area contributed by atoms with Gasteiger partial charge < -0.3 is 14.8 Å². The van der Waals surface area contributed by atoms with Crippen LogP contribution in [0.15, 0.2) is 30.3 Å². The van der Waals surface area contributed by atoms with E-state index in [1.807, 2.05) is 30.3 Å². The number of nitrogens with one attached hydrogen (secondary N) is 1. The highest BCUT2D eigenvalue weighted by molar-refractivity contribution is 5.75. The van der Waals surface area contributed by atoms with Crippen molar-refractivity contribution in [1.29, 1.82) is 0 Å². The fourth-order valence-electron chi connectivity index (χ4n) is 2.28. The number of benzene rings is 1. The Morgan fingerprint density at radius 3 is 3.04 bits per heavy atom. The van der Waals surface area contributed by atoms with Crippen LogP contribution in [-0.4, -0.2) is 45.4 Å². The van der Waals surface area contributed by atoms with E-state index in [1.165, 1.54) is 4.80 Å². The van der Waals surface area contributed by atoms with Crippen molar-refractivity contribution in [2.24, 2.45) is 0 Å². The molecule has 1 atom stereocenters. The van der Waals surface area contributed by atoms with Gasteiger partial charge in [0.05, 0.1) is 6.10 Å². The Kier molecular flexibility index (Phi) is 5.15. The predicted molar refractivity (Wildman–Crippen MR) is 80.6 cm³/mol. The van der Waals surface area contributed by atoms with Crippen molar-refractivity contribution in [2.75, 3.05) is 13.2 Å². The van der Waals surface area contributed by atoms with Crippen molar-refractivity contribution < 1.29 is 14.3 Å². The van der Waals surface area contributed by atoms with E-state index in [0.29, 0.717) is 12.4 Å². The van der Waals surface area contributed by atoms with Gasteiger partial charge in [-0.3, -0.25) is 4.79 Å². The maximum atomic E-state index is 11.8. The minimum absolute atomic E-state index is 0.0328. The summed E-state index contributed by atoms with van der Waals surface area (Å²) in [6.07, 6.45) is 2.16. The highest BCUT2D eigenvalue weighted by atomic mass is 16.5. The minimum Gasteiger partial charge on any atom is -0.485 e. The molecule has 122 valence electrons. The number of hydrogen-bond acceptors (Lipinski definition) is 6. The fourth-order valence-corrected chi connectivity index (χ4v) is 2.28. The lowest BCUT2D eigenvalue weighted by atomic mass is 10.2. The first-order chi connectivity index (χ1) is 11.3. The van der Waals surface area contributed by atoms with Crippen molar-refractivity contribution in [1.82, 2.24) is 25.5 Å². The zero-order chi connectivity index (χ0) is 15.9. The second-order valence-corrected chi connectivity index (χ2v) is 5.28. The van der Waals surface area contributed by atoms with Gasteiger partial charge in [0.1, 0.15) is 12.3 Å². The van der Waals surface area contributed by atoms with E-state index < -0.39 is 0 Å². The maximum absolute atomic E-state index is 11.8. The van der Waals surface area contributed by atoms with Crippen molar-refractivity contribution >= 4 is 5.91 Å². The van der Waals surface area contributed by atoms with Crippen LogP contribution in [0.1, 0.15) is 18.7 Å². The van der Waals surface area contributed by atoms with Gasteiger partial charge in [-0.1, -0.05) is 18.2 Å². The highest BCUT2D eigenvalue weighted by Crippen LogP contribution is 2.10. The Labute approximate surface area is 133 Å². The zero-order valence-corrected chi connectivity index (χ0v) is 12.7. The molecule has 1 amide bonds. The third kappa shape index (κ3) is 4.75. The van der Waals surface area contributed by atoms with E-state index in [-0.39, 0.29) is 25.2 Å². The number of rotatable bonds is 7. The lowest BCUT2D eigenvalue weighted by molar-refractivity contribution is -0.122. The third-order valence-electron chi connectivity index (χ3n) is 3.44. The molecule has 0 saturated carbocycles. The molecule has 2 heterocycles. The minimum atomic E-state index is -0.159. The standard InChI is InChI=1S/C15H19N5O3/c21-15(16-9-13-7-4-8-22-13)10-20-18-14(17-19-20)11-23-12-5-2-1-3-6-12/h1-3,5-6,13H,4,7-11H2,(H,16,21)/t13-/m0/s1. The monoisotopic (exact) mass is 317 g/mol. The van der Waals surface area contributed by atoms with Gasteiger partial charge in [0.25, 0.3) is 0 Å². The molecule has 1 aromatic carbocycles. The predicted octanol–water partition coefficient (Wildman–Crippen LogP) is 0.547. The molecule has 3 rings (SSSR count). The van der Waals surface area contributed by atoms with Crippen molar-refractivity contribution in [3.8, 4) is 5.75 Å². The lowest BCUT2D eigenvalue weighted by Gasteiger charge is -2.10. The van der Waals surface area contributed by atoms with E-state index in [0.717, 1.165) is 25.2 Å². The fraction of sp³-hybridized carbons (Fsp3) is 0.467. The van der Waals surface area contributed by atoms with Crippen LogP contribution in [-0.2, 0) is 22.7 Å². The summed E-state index contributed by atoms with van der Waals surface area (Å²) in [5.74, 6) is 1.01. The van der Waals surface area contributed by atoms with Gasteiger partial charge in [-0.15, -0.1) is 10.2 Å². The molecule has 1 aromatic heterocycles. The number of hydrogen-bond donors (Lipinski definition) is 1. The van der Waals surface area contributed by atoms with E-state index in [2.05, 4.69) is 20.7 Å². The van der Waals surface area contributed by atoms with Gasteiger partial charge in [0, 0.05) is 13.2 Å². The van der Waals surface area contributed by atoms with Crippen LogP contribution in [0.25, 0.3) is 0 Å². The first-order valence-electron chi connectivity index (χ1n) is 7.62. The number of aromatic nitrogens is 4. The van der Waals surface area contributed by atoms with Gasteiger partial charge in [-0.2, -0.15) is 4.80 Å². The molecule has 1 aliphatic rings. The van der Waals surface area contributed by atoms with Gasteiger partial charge in [-0.05, 0) is 30.2 Å². The number of tetrazole rings is 1. The molecule has 1 aliphatic heterocycles. The number of carbonyl (C=O) groups is 1. The van der Waals surface area contributed by atoms with Crippen LogP contribution in [0.3, 0.4) is 0 Å². The van der Waals surface area contributed by atoms with Gasteiger partial charge in [0.15, 0.2) is 6.61 Å². The number of carbonyl (C=O) groups excluding carboxylic acids is 1. The summed E-state index contributed by atoms with van der Waals surface area (Å²) < 4.78 is 11.0. The molecular weight excluding hydrogens is 298 g/mol. The summed E-state index contributed by atoms with van der Waals surface area (Å²) in [4.78, 5) is 13.1. The molecule has 8 heteroatoms. The molecule has 1 N–H and O–H groups in total. The van der Waals surface area contributed by atoms with E-state index >= 15 is 0 Å². The van der Waals surface area contributed by atoms with Crippen LogP contribution in [0.4, 0.5) is 0 Å². The molecule has 23 heavy (non-hydrogen) atoms.